The summed E-state index contributed by atoms with van der Waals surface area (Å²) in [6, 6.07) is 0. The Kier molecular flexibility index (Phi) is 18.7. The Morgan fingerprint density at radius 1 is 0.250 bits per heavy atom. The molecule has 0 saturated heterocycles. The van der Waals surface area contributed by atoms with Gasteiger partial charge in [0, 0.05) is 0 Å². The van der Waals surface area contributed by atoms with Gasteiger partial charge in [0.15, 0.2) is 0 Å². The monoisotopic (exact) mass is 645 g/mol. The molecule has 0 radical (unpaired) electrons. The Morgan fingerprint density at radius 3 is 0.321 bits per heavy atom. The molecule has 0 aliphatic rings. The zero-order valence-electron chi connectivity index (χ0n) is 22.6. The van der Waals surface area contributed by atoms with Gasteiger partial charge in [-0.1, -0.05) is 167 Å². The summed E-state index contributed by atoms with van der Waals surface area (Å²) in [5.74, 6) is 0. The van der Waals surface area contributed by atoms with Crippen LogP contribution >= 0.6 is 0 Å². The van der Waals surface area contributed by atoms with Gasteiger partial charge in [0.2, 0.25) is 0 Å². The first-order chi connectivity index (χ1) is 11.1. The van der Waals surface area contributed by atoms with Crippen molar-refractivity contribution < 1.29 is 37.7 Å². The van der Waals surface area contributed by atoms with E-state index in [1.165, 1.54) is 0 Å². The van der Waals surface area contributed by atoms with Gasteiger partial charge >= 0.3 is 37.7 Å². The molecule has 0 aliphatic heterocycles. The molecule has 0 aromatic rings. The molecule has 0 aromatic heterocycles. The van der Waals surface area contributed by atoms with Gasteiger partial charge in [0.1, 0.15) is 0 Å². The smallest absolute Gasteiger partial charge is 0.668 e. The van der Waals surface area contributed by atoms with Crippen molar-refractivity contribution in [3.8, 4) is 0 Å². The Labute approximate surface area is 216 Å². The summed E-state index contributed by atoms with van der Waals surface area (Å²) in [6.07, 6.45) is 0. The summed E-state index contributed by atoms with van der Waals surface area (Å²) in [5.41, 5.74) is 0. The third-order valence-corrected chi connectivity index (χ3v) is 18.1. The topological polar surface area (TPSA) is 42.3 Å². The minimum absolute atomic E-state index is 0. The Balaban J connectivity index is -0.000000152. The molecular formula is C18H54HoN3Si6. The van der Waals surface area contributed by atoms with Crippen LogP contribution in [-0.2, 0) is 0 Å². The first-order valence-electron chi connectivity index (χ1n) is 10.3. The van der Waals surface area contributed by atoms with Gasteiger partial charge in [0.05, 0.1) is 0 Å². The van der Waals surface area contributed by atoms with Crippen molar-refractivity contribution in [2.75, 3.05) is 0 Å². The fraction of sp³-hybridized carbons (Fsp3) is 1.00. The van der Waals surface area contributed by atoms with E-state index in [0.29, 0.717) is 0 Å². The van der Waals surface area contributed by atoms with Gasteiger partial charge in [-0.25, -0.2) is 0 Å². The average Bonchev–Trinajstić information content (AvgIpc) is 1.96. The van der Waals surface area contributed by atoms with Crippen molar-refractivity contribution in [3.05, 3.63) is 13.9 Å². The Morgan fingerprint density at radius 2 is 0.321 bits per heavy atom. The predicted octanol–water partition coefficient (Wildman–Crippen LogP) is 9.09. The van der Waals surface area contributed by atoms with Crippen LogP contribution in [0.25, 0.3) is 13.9 Å². The second kappa shape index (κ2) is 13.9. The molecule has 0 fully saturated rings. The quantitative estimate of drug-likeness (QED) is 0.259. The van der Waals surface area contributed by atoms with E-state index < -0.39 is 49.4 Å². The summed E-state index contributed by atoms with van der Waals surface area (Å²) in [4.78, 5) is 0. The molecule has 0 unspecified atom stereocenters. The molecule has 0 N–H and O–H groups in total. The number of hydrogen-bond donors (Lipinski definition) is 0. The van der Waals surface area contributed by atoms with E-state index in [4.69, 9.17) is 13.9 Å². The Bertz CT molecular complexity index is 297. The predicted molar refractivity (Wildman–Crippen MR) is 150 cm³/mol. The SMILES string of the molecule is C[Si](C)(C)[N-][Si](C)(C)C.C[Si](C)(C)[N-][Si](C)(C)C.C[Si](C)(C)[N-][Si](C)(C)C.[Ho+3]. The zero-order chi connectivity index (χ0) is 23.1. The van der Waals surface area contributed by atoms with E-state index in [1.54, 1.807) is 0 Å². The van der Waals surface area contributed by atoms with Gasteiger partial charge in [-0.05, 0) is 0 Å². The summed E-state index contributed by atoms with van der Waals surface area (Å²) < 4.78 is 14.5. The maximum atomic E-state index is 4.82. The summed E-state index contributed by atoms with van der Waals surface area (Å²) >= 11 is 0. The van der Waals surface area contributed by atoms with Crippen molar-refractivity contribution in [2.45, 2.75) is 118 Å². The molecular weight excluding hydrogens is 592 g/mol. The number of rotatable bonds is 6. The van der Waals surface area contributed by atoms with Crippen LogP contribution in [0.5, 0.6) is 0 Å². The van der Waals surface area contributed by atoms with Crippen LogP contribution in [0.3, 0.4) is 0 Å². The average molecular weight is 646 g/mol. The third-order valence-electron chi connectivity index (χ3n) is 2.01. The zero-order valence-corrected chi connectivity index (χ0v) is 30.6. The van der Waals surface area contributed by atoms with E-state index >= 15 is 0 Å². The summed E-state index contributed by atoms with van der Waals surface area (Å²) in [5, 5.41) is 0. The number of nitrogens with zero attached hydrogens (tertiary/aromatic N) is 3. The molecule has 0 aliphatic carbocycles. The van der Waals surface area contributed by atoms with Gasteiger partial charge in [-0.15, -0.1) is 0 Å². The molecule has 0 aromatic carbocycles. The molecule has 0 saturated carbocycles. The normalized spacial score (nSPS) is 13.5. The summed E-state index contributed by atoms with van der Waals surface area (Å²) in [7, 11) is -6.64. The van der Waals surface area contributed by atoms with Crippen LogP contribution in [0.4, 0.5) is 0 Å². The maximum absolute atomic E-state index is 4.82. The largest absolute Gasteiger partial charge is 3.00 e. The molecule has 10 heteroatoms. The van der Waals surface area contributed by atoms with E-state index in [2.05, 4.69) is 118 Å². The van der Waals surface area contributed by atoms with E-state index in [9.17, 15) is 0 Å². The van der Waals surface area contributed by atoms with Crippen molar-refractivity contribution in [1.29, 1.82) is 0 Å². The third kappa shape index (κ3) is 51.3. The van der Waals surface area contributed by atoms with Crippen LogP contribution in [0, 0.1) is 37.7 Å². The molecule has 0 amide bonds. The molecule has 0 spiro atoms. The Hall–Kier alpha value is 2.44. The standard InChI is InChI=1S/3C6H18NSi2.Ho/c3*1-8(2,3)7-9(4,5)6;/h3*1-6H3;/q3*-1;+3. The second-order valence-corrected chi connectivity index (χ2v) is 42.1. The molecule has 3 nitrogen and oxygen atoms in total. The van der Waals surface area contributed by atoms with Crippen LogP contribution in [0.1, 0.15) is 0 Å². The van der Waals surface area contributed by atoms with Crippen molar-refractivity contribution in [1.82, 2.24) is 0 Å². The van der Waals surface area contributed by atoms with Crippen LogP contribution in [-0.4, -0.2) is 49.4 Å². The van der Waals surface area contributed by atoms with Gasteiger partial charge in [-0.3, -0.25) is 0 Å². The van der Waals surface area contributed by atoms with Crippen LogP contribution < -0.4 is 0 Å². The van der Waals surface area contributed by atoms with Crippen molar-refractivity contribution in [2.24, 2.45) is 0 Å². The van der Waals surface area contributed by atoms with Gasteiger partial charge in [-0.2, -0.15) is 0 Å². The van der Waals surface area contributed by atoms with Crippen molar-refractivity contribution >= 4 is 49.4 Å². The molecule has 0 rings (SSSR count). The van der Waals surface area contributed by atoms with Crippen LogP contribution in [0.15, 0.2) is 0 Å². The number of hydrogen-bond acceptors (Lipinski definition) is 0. The van der Waals surface area contributed by atoms with Gasteiger partial charge < -0.3 is 13.9 Å². The summed E-state index contributed by atoms with van der Waals surface area (Å²) in [6.45, 7) is 41.3. The first kappa shape index (κ1) is 37.7. The molecule has 0 heterocycles. The minimum atomic E-state index is -1.11. The minimum Gasteiger partial charge on any atom is -0.668 e. The van der Waals surface area contributed by atoms with Gasteiger partial charge in [0.25, 0.3) is 0 Å². The second-order valence-electron chi connectivity index (χ2n) is 13.4. The first-order valence-corrected chi connectivity index (χ1v) is 31.0. The fourth-order valence-electron chi connectivity index (χ4n) is 3.02. The molecule has 0 bridgehead atoms. The molecule has 28 heavy (non-hydrogen) atoms. The van der Waals surface area contributed by atoms with E-state index in [-0.39, 0.29) is 37.7 Å². The molecule has 176 valence electrons. The fourth-order valence-corrected chi connectivity index (χ4v) is 27.2. The van der Waals surface area contributed by atoms with E-state index in [1.807, 2.05) is 0 Å². The van der Waals surface area contributed by atoms with Crippen LogP contribution in [0.2, 0.25) is 118 Å². The molecule has 0 atom stereocenters. The van der Waals surface area contributed by atoms with Crippen molar-refractivity contribution in [3.63, 3.8) is 0 Å². The maximum Gasteiger partial charge on any atom is 3.00 e. The van der Waals surface area contributed by atoms with E-state index in [0.717, 1.165) is 0 Å².